The topological polar surface area (TPSA) is 102 Å². The van der Waals surface area contributed by atoms with Crippen LogP contribution in [0.5, 0.6) is 0 Å². The third kappa shape index (κ3) is 5.25. The normalized spacial score (nSPS) is 11.5. The number of carbonyl (C=O) groups excluding carboxylic acids is 1. The van der Waals surface area contributed by atoms with Gasteiger partial charge in [0.05, 0.1) is 16.1 Å². The maximum atomic E-state index is 12.9. The van der Waals surface area contributed by atoms with Gasteiger partial charge >= 0.3 is 12.1 Å². The number of hydrogen-bond acceptors (Lipinski definition) is 4. The number of hydrogen-bond donors (Lipinski definition) is 3. The Kier molecular flexibility index (Phi) is 6.28. The van der Waals surface area contributed by atoms with Crippen LogP contribution in [0.25, 0.3) is 0 Å². The Morgan fingerprint density at radius 1 is 1.14 bits per heavy atom. The van der Waals surface area contributed by atoms with Crippen LogP contribution >= 0.6 is 11.6 Å². The number of alkyl halides is 3. The molecule has 3 N–H and O–H groups in total. The minimum Gasteiger partial charge on any atom is -0.478 e. The number of rotatable bonds is 5. The van der Waals surface area contributed by atoms with Crippen molar-refractivity contribution in [3.8, 4) is 6.07 Å². The summed E-state index contributed by atoms with van der Waals surface area (Å²) in [6.07, 6.45) is -3.70. The van der Waals surface area contributed by atoms with Crippen molar-refractivity contribution in [3.63, 3.8) is 0 Å². The lowest BCUT2D eigenvalue weighted by Gasteiger charge is -2.11. The van der Waals surface area contributed by atoms with Crippen LogP contribution < -0.4 is 10.6 Å². The van der Waals surface area contributed by atoms with Crippen LogP contribution in [-0.2, 0) is 11.0 Å². The first-order valence-corrected chi connectivity index (χ1v) is 7.88. The van der Waals surface area contributed by atoms with Gasteiger partial charge in [0, 0.05) is 17.6 Å². The SMILES string of the molecule is N#C/C(=C/Nc1cccc(C(=O)O)c1)C(=O)Nc1ccc(Cl)c(C(F)(F)F)c1. The average molecular weight is 410 g/mol. The van der Waals surface area contributed by atoms with Gasteiger partial charge in [-0.2, -0.15) is 18.4 Å². The van der Waals surface area contributed by atoms with Crippen molar-refractivity contribution < 1.29 is 27.9 Å². The van der Waals surface area contributed by atoms with Crippen LogP contribution in [0.15, 0.2) is 54.2 Å². The first-order chi connectivity index (χ1) is 13.1. The molecule has 0 bridgehead atoms. The molecule has 0 aliphatic rings. The molecule has 0 spiro atoms. The number of nitrogens with one attached hydrogen (secondary N) is 2. The summed E-state index contributed by atoms with van der Waals surface area (Å²) in [5.74, 6) is -2.12. The van der Waals surface area contributed by atoms with E-state index in [-0.39, 0.29) is 11.3 Å². The first kappa shape index (κ1) is 20.8. The van der Waals surface area contributed by atoms with Gasteiger partial charge in [-0.3, -0.25) is 4.79 Å². The quantitative estimate of drug-likeness (QED) is 0.498. The summed E-state index contributed by atoms with van der Waals surface area (Å²) in [5.41, 5.74) is -1.48. The lowest BCUT2D eigenvalue weighted by Crippen LogP contribution is -2.15. The fraction of sp³-hybridized carbons (Fsp3) is 0.0556. The molecule has 144 valence electrons. The number of nitriles is 1. The van der Waals surface area contributed by atoms with Crippen LogP contribution in [0.3, 0.4) is 0 Å². The number of halogens is 4. The summed E-state index contributed by atoms with van der Waals surface area (Å²) in [6, 6.07) is 9.99. The van der Waals surface area contributed by atoms with Crippen molar-refractivity contribution >= 4 is 34.9 Å². The fourth-order valence-corrected chi connectivity index (χ4v) is 2.29. The van der Waals surface area contributed by atoms with E-state index in [1.807, 2.05) is 0 Å². The second-order valence-electron chi connectivity index (χ2n) is 5.35. The van der Waals surface area contributed by atoms with E-state index in [9.17, 15) is 22.8 Å². The molecule has 10 heteroatoms. The van der Waals surface area contributed by atoms with Crippen LogP contribution in [0, 0.1) is 11.3 Å². The Labute approximate surface area is 161 Å². The molecule has 0 fully saturated rings. The zero-order valence-corrected chi connectivity index (χ0v) is 14.6. The molecular weight excluding hydrogens is 399 g/mol. The van der Waals surface area contributed by atoms with E-state index in [1.54, 1.807) is 6.07 Å². The zero-order chi connectivity index (χ0) is 20.9. The summed E-state index contributed by atoms with van der Waals surface area (Å²) in [4.78, 5) is 23.1. The van der Waals surface area contributed by atoms with Crippen LogP contribution in [-0.4, -0.2) is 17.0 Å². The van der Waals surface area contributed by atoms with Crippen molar-refractivity contribution in [1.29, 1.82) is 5.26 Å². The van der Waals surface area contributed by atoms with Crippen molar-refractivity contribution in [2.75, 3.05) is 10.6 Å². The van der Waals surface area contributed by atoms with Crippen molar-refractivity contribution in [1.82, 2.24) is 0 Å². The monoisotopic (exact) mass is 409 g/mol. The molecule has 0 unspecified atom stereocenters. The third-order valence-electron chi connectivity index (χ3n) is 3.39. The summed E-state index contributed by atoms with van der Waals surface area (Å²) in [5, 5.41) is 22.3. The number of carboxylic acids is 1. The highest BCUT2D eigenvalue weighted by Gasteiger charge is 2.33. The van der Waals surface area contributed by atoms with Crippen molar-refractivity contribution in [2.24, 2.45) is 0 Å². The van der Waals surface area contributed by atoms with E-state index < -0.39 is 34.2 Å². The molecule has 2 aromatic carbocycles. The van der Waals surface area contributed by atoms with E-state index in [1.165, 1.54) is 24.3 Å². The predicted molar refractivity (Wildman–Crippen MR) is 95.8 cm³/mol. The Bertz CT molecular complexity index is 998. The number of anilines is 2. The number of benzene rings is 2. The predicted octanol–water partition coefficient (Wildman–Crippen LogP) is 4.52. The van der Waals surface area contributed by atoms with Gasteiger partial charge in [0.15, 0.2) is 0 Å². The lowest BCUT2D eigenvalue weighted by molar-refractivity contribution is -0.137. The molecule has 2 aromatic rings. The minimum absolute atomic E-state index is 0.0118. The van der Waals surface area contributed by atoms with Gasteiger partial charge in [0.2, 0.25) is 0 Å². The van der Waals surface area contributed by atoms with Gasteiger partial charge in [-0.25, -0.2) is 4.79 Å². The fourth-order valence-electron chi connectivity index (χ4n) is 2.06. The van der Waals surface area contributed by atoms with E-state index >= 15 is 0 Å². The number of amides is 1. The first-order valence-electron chi connectivity index (χ1n) is 7.50. The Morgan fingerprint density at radius 3 is 2.46 bits per heavy atom. The van der Waals surface area contributed by atoms with Gasteiger partial charge in [-0.05, 0) is 36.4 Å². The van der Waals surface area contributed by atoms with E-state index in [0.29, 0.717) is 11.8 Å². The lowest BCUT2D eigenvalue weighted by atomic mass is 10.2. The highest BCUT2D eigenvalue weighted by molar-refractivity contribution is 6.31. The molecule has 6 nitrogen and oxygen atoms in total. The van der Waals surface area contributed by atoms with E-state index in [2.05, 4.69) is 10.6 Å². The molecule has 0 saturated heterocycles. The molecule has 0 heterocycles. The smallest absolute Gasteiger partial charge is 0.417 e. The van der Waals surface area contributed by atoms with Gasteiger partial charge < -0.3 is 15.7 Å². The second kappa shape index (κ2) is 8.45. The summed E-state index contributed by atoms with van der Waals surface area (Å²) in [6.45, 7) is 0. The Balaban J connectivity index is 2.18. The molecule has 0 aromatic heterocycles. The highest BCUT2D eigenvalue weighted by atomic mass is 35.5. The van der Waals surface area contributed by atoms with Crippen LogP contribution in [0.2, 0.25) is 5.02 Å². The zero-order valence-electron chi connectivity index (χ0n) is 13.8. The van der Waals surface area contributed by atoms with E-state index in [4.69, 9.17) is 22.0 Å². The van der Waals surface area contributed by atoms with Crippen molar-refractivity contribution in [2.45, 2.75) is 6.18 Å². The molecule has 0 aliphatic carbocycles. The number of carboxylic acid groups (broad SMARTS) is 1. The number of nitrogens with zero attached hydrogens (tertiary/aromatic N) is 1. The number of aromatic carboxylic acids is 1. The molecular formula is C18H11ClF3N3O3. The van der Waals surface area contributed by atoms with Gasteiger partial charge in [0.25, 0.3) is 5.91 Å². The van der Waals surface area contributed by atoms with Gasteiger partial charge in [-0.1, -0.05) is 17.7 Å². The maximum absolute atomic E-state index is 12.9. The summed E-state index contributed by atoms with van der Waals surface area (Å²) >= 11 is 5.51. The molecule has 0 atom stereocenters. The number of carbonyl (C=O) groups is 2. The van der Waals surface area contributed by atoms with E-state index in [0.717, 1.165) is 18.3 Å². The largest absolute Gasteiger partial charge is 0.478 e. The summed E-state index contributed by atoms with van der Waals surface area (Å²) < 4.78 is 38.6. The van der Waals surface area contributed by atoms with Gasteiger partial charge in [-0.15, -0.1) is 0 Å². The molecule has 0 aliphatic heterocycles. The molecule has 1 amide bonds. The molecule has 0 saturated carbocycles. The molecule has 0 radical (unpaired) electrons. The van der Waals surface area contributed by atoms with Gasteiger partial charge in [0.1, 0.15) is 11.6 Å². The summed E-state index contributed by atoms with van der Waals surface area (Å²) in [7, 11) is 0. The Morgan fingerprint density at radius 2 is 1.86 bits per heavy atom. The molecule has 2 rings (SSSR count). The standard InChI is InChI=1S/C18H11ClF3N3O3/c19-15-5-4-13(7-14(15)18(20,21)22)25-16(26)11(8-23)9-24-12-3-1-2-10(6-12)17(27)28/h1-7,9,24H,(H,25,26)(H,27,28)/b11-9-. The van der Waals surface area contributed by atoms with Crippen LogP contribution in [0.1, 0.15) is 15.9 Å². The second-order valence-corrected chi connectivity index (χ2v) is 5.75. The third-order valence-corrected chi connectivity index (χ3v) is 3.72. The van der Waals surface area contributed by atoms with Crippen LogP contribution in [0.4, 0.5) is 24.5 Å². The Hall–Kier alpha value is -3.51. The minimum atomic E-state index is -4.71. The van der Waals surface area contributed by atoms with Crippen molar-refractivity contribution in [3.05, 3.63) is 70.4 Å². The maximum Gasteiger partial charge on any atom is 0.417 e. The molecule has 28 heavy (non-hydrogen) atoms. The average Bonchev–Trinajstić information content (AvgIpc) is 2.63. The highest BCUT2D eigenvalue weighted by Crippen LogP contribution is 2.36.